The standard InChI is InChI=1S/C20H27NO5/c1-2-3-4-14-5-7-15(8-6-14)20(23)24-12-19(22)21-16-9-10-17-18(11-16)26-13-25-17/h9-11,14-15H,2-8,12-13H2,1H3,(H,21,22). The van der Waals surface area contributed by atoms with E-state index in [0.717, 1.165) is 31.6 Å². The summed E-state index contributed by atoms with van der Waals surface area (Å²) >= 11 is 0. The molecule has 1 aromatic rings. The first-order valence-corrected chi connectivity index (χ1v) is 9.52. The molecule has 0 unspecified atom stereocenters. The molecule has 0 bridgehead atoms. The maximum absolute atomic E-state index is 12.2. The Kier molecular flexibility index (Phi) is 6.36. The van der Waals surface area contributed by atoms with Gasteiger partial charge in [0.25, 0.3) is 5.91 Å². The number of unbranched alkanes of at least 4 members (excludes halogenated alkanes) is 1. The van der Waals surface area contributed by atoms with Gasteiger partial charge in [0, 0.05) is 11.8 Å². The first-order chi connectivity index (χ1) is 12.7. The number of carbonyl (C=O) groups is 2. The molecule has 1 fully saturated rings. The van der Waals surface area contributed by atoms with Crippen LogP contribution in [-0.4, -0.2) is 25.3 Å². The third kappa shape index (κ3) is 4.90. The molecule has 0 aromatic heterocycles. The van der Waals surface area contributed by atoms with Gasteiger partial charge in [0.2, 0.25) is 6.79 Å². The van der Waals surface area contributed by atoms with Crippen LogP contribution < -0.4 is 14.8 Å². The first-order valence-electron chi connectivity index (χ1n) is 9.52. The molecule has 1 saturated carbocycles. The van der Waals surface area contributed by atoms with Crippen LogP contribution in [0.4, 0.5) is 5.69 Å². The Balaban J connectivity index is 1.38. The van der Waals surface area contributed by atoms with Crippen LogP contribution >= 0.6 is 0 Å². The summed E-state index contributed by atoms with van der Waals surface area (Å²) in [5.41, 5.74) is 0.590. The van der Waals surface area contributed by atoms with Crippen molar-refractivity contribution in [3.05, 3.63) is 18.2 Å². The number of fused-ring (bicyclic) bond motifs is 1. The Morgan fingerprint density at radius 1 is 1.15 bits per heavy atom. The van der Waals surface area contributed by atoms with Gasteiger partial charge in [-0.25, -0.2) is 0 Å². The molecule has 1 N–H and O–H groups in total. The summed E-state index contributed by atoms with van der Waals surface area (Å²) in [7, 11) is 0. The van der Waals surface area contributed by atoms with E-state index >= 15 is 0 Å². The molecule has 0 saturated heterocycles. The molecule has 1 heterocycles. The molecule has 6 heteroatoms. The van der Waals surface area contributed by atoms with Gasteiger partial charge >= 0.3 is 5.97 Å². The number of benzene rings is 1. The Bertz CT molecular complexity index is 637. The largest absolute Gasteiger partial charge is 0.455 e. The van der Waals surface area contributed by atoms with Crippen LogP contribution in [0.3, 0.4) is 0 Å². The number of ether oxygens (including phenoxy) is 3. The lowest BCUT2D eigenvalue weighted by Gasteiger charge is -2.27. The van der Waals surface area contributed by atoms with Crippen LogP contribution in [-0.2, 0) is 14.3 Å². The SMILES string of the molecule is CCCCC1CCC(C(=O)OCC(=O)Nc2ccc3c(c2)OCO3)CC1. The highest BCUT2D eigenvalue weighted by Crippen LogP contribution is 2.34. The van der Waals surface area contributed by atoms with Crippen molar-refractivity contribution in [1.82, 2.24) is 0 Å². The number of esters is 1. The molecule has 1 aromatic carbocycles. The Hall–Kier alpha value is -2.24. The van der Waals surface area contributed by atoms with Gasteiger partial charge in [-0.3, -0.25) is 9.59 Å². The lowest BCUT2D eigenvalue weighted by Crippen LogP contribution is -2.27. The predicted octanol–water partition coefficient (Wildman–Crippen LogP) is 3.89. The van der Waals surface area contributed by atoms with E-state index in [2.05, 4.69) is 12.2 Å². The minimum atomic E-state index is -0.353. The van der Waals surface area contributed by atoms with E-state index in [9.17, 15) is 9.59 Å². The third-order valence-electron chi connectivity index (χ3n) is 5.15. The van der Waals surface area contributed by atoms with Gasteiger partial charge in [-0.1, -0.05) is 26.2 Å². The van der Waals surface area contributed by atoms with Gasteiger partial charge in [-0.05, 0) is 43.7 Å². The van der Waals surface area contributed by atoms with Crippen molar-refractivity contribution in [2.24, 2.45) is 11.8 Å². The molecule has 1 aliphatic carbocycles. The van der Waals surface area contributed by atoms with Crippen LogP contribution in [0.25, 0.3) is 0 Å². The third-order valence-corrected chi connectivity index (χ3v) is 5.15. The highest BCUT2D eigenvalue weighted by Gasteiger charge is 2.27. The van der Waals surface area contributed by atoms with E-state index in [0.29, 0.717) is 17.2 Å². The molecule has 3 rings (SSSR count). The van der Waals surface area contributed by atoms with Crippen LogP contribution in [0.2, 0.25) is 0 Å². The fourth-order valence-electron chi connectivity index (χ4n) is 3.61. The number of amides is 1. The summed E-state index contributed by atoms with van der Waals surface area (Å²) in [6.45, 7) is 2.13. The van der Waals surface area contributed by atoms with Crippen molar-refractivity contribution in [3.63, 3.8) is 0 Å². The monoisotopic (exact) mass is 361 g/mol. The summed E-state index contributed by atoms with van der Waals surface area (Å²) < 4.78 is 15.7. The van der Waals surface area contributed by atoms with Gasteiger partial charge in [0.05, 0.1) is 5.92 Å². The van der Waals surface area contributed by atoms with Crippen molar-refractivity contribution in [1.29, 1.82) is 0 Å². The Morgan fingerprint density at radius 2 is 1.92 bits per heavy atom. The van der Waals surface area contributed by atoms with Gasteiger partial charge in [-0.15, -0.1) is 0 Å². The number of hydrogen-bond acceptors (Lipinski definition) is 5. The van der Waals surface area contributed by atoms with E-state index in [1.807, 2.05) is 0 Å². The van der Waals surface area contributed by atoms with E-state index in [4.69, 9.17) is 14.2 Å². The van der Waals surface area contributed by atoms with Crippen molar-refractivity contribution < 1.29 is 23.8 Å². The fraction of sp³-hybridized carbons (Fsp3) is 0.600. The van der Waals surface area contributed by atoms with Gasteiger partial charge < -0.3 is 19.5 Å². The predicted molar refractivity (Wildman–Crippen MR) is 97.1 cm³/mol. The van der Waals surface area contributed by atoms with Crippen LogP contribution in [0, 0.1) is 11.8 Å². The smallest absolute Gasteiger partial charge is 0.309 e. The molecule has 142 valence electrons. The Morgan fingerprint density at radius 3 is 2.69 bits per heavy atom. The minimum absolute atomic E-state index is 0.0637. The maximum atomic E-state index is 12.2. The lowest BCUT2D eigenvalue weighted by atomic mass is 9.80. The zero-order chi connectivity index (χ0) is 18.4. The van der Waals surface area contributed by atoms with Crippen molar-refractivity contribution in [3.8, 4) is 11.5 Å². The average molecular weight is 361 g/mol. The van der Waals surface area contributed by atoms with Crippen LogP contribution in [0.1, 0.15) is 51.9 Å². The zero-order valence-corrected chi connectivity index (χ0v) is 15.3. The molecule has 0 spiro atoms. The molecule has 0 radical (unpaired) electrons. The molecule has 1 amide bonds. The van der Waals surface area contributed by atoms with E-state index < -0.39 is 0 Å². The second-order valence-corrected chi connectivity index (χ2v) is 7.08. The van der Waals surface area contributed by atoms with Crippen LogP contribution in [0.15, 0.2) is 18.2 Å². The first kappa shape index (κ1) is 18.5. The topological polar surface area (TPSA) is 73.9 Å². The summed E-state index contributed by atoms with van der Waals surface area (Å²) in [5, 5.41) is 2.71. The summed E-state index contributed by atoms with van der Waals surface area (Å²) in [5.74, 6) is 1.33. The second-order valence-electron chi connectivity index (χ2n) is 7.08. The van der Waals surface area contributed by atoms with Gasteiger partial charge in [-0.2, -0.15) is 0 Å². The number of nitrogens with one attached hydrogen (secondary N) is 1. The average Bonchev–Trinajstić information content (AvgIpc) is 3.12. The summed E-state index contributed by atoms with van der Waals surface area (Å²) in [4.78, 5) is 24.2. The van der Waals surface area contributed by atoms with Crippen molar-refractivity contribution in [2.75, 3.05) is 18.7 Å². The van der Waals surface area contributed by atoms with Crippen LogP contribution in [0.5, 0.6) is 11.5 Å². The highest BCUT2D eigenvalue weighted by atomic mass is 16.7. The number of carbonyl (C=O) groups excluding carboxylic acids is 2. The van der Waals surface area contributed by atoms with E-state index in [-0.39, 0.29) is 31.2 Å². The number of hydrogen-bond donors (Lipinski definition) is 1. The molecule has 0 atom stereocenters. The summed E-state index contributed by atoms with van der Waals surface area (Å²) in [6.07, 6.45) is 7.66. The lowest BCUT2D eigenvalue weighted by molar-refractivity contribution is -0.152. The quantitative estimate of drug-likeness (QED) is 0.746. The molecule has 6 nitrogen and oxygen atoms in total. The molecule has 1 aliphatic heterocycles. The number of rotatable bonds is 7. The molecular formula is C20H27NO5. The molecule has 26 heavy (non-hydrogen) atoms. The van der Waals surface area contributed by atoms with Crippen molar-refractivity contribution >= 4 is 17.6 Å². The maximum Gasteiger partial charge on any atom is 0.309 e. The second kappa shape index (κ2) is 8.92. The minimum Gasteiger partial charge on any atom is -0.455 e. The van der Waals surface area contributed by atoms with Gasteiger partial charge in [0.1, 0.15) is 0 Å². The highest BCUT2D eigenvalue weighted by molar-refractivity contribution is 5.93. The van der Waals surface area contributed by atoms with Gasteiger partial charge in [0.15, 0.2) is 18.1 Å². The van der Waals surface area contributed by atoms with E-state index in [1.165, 1.54) is 19.3 Å². The molecule has 2 aliphatic rings. The normalized spacial score (nSPS) is 21.3. The van der Waals surface area contributed by atoms with E-state index in [1.54, 1.807) is 18.2 Å². The number of anilines is 1. The molecular weight excluding hydrogens is 334 g/mol. The van der Waals surface area contributed by atoms with Crippen molar-refractivity contribution in [2.45, 2.75) is 51.9 Å². The Labute approximate surface area is 154 Å². The fourth-order valence-corrected chi connectivity index (χ4v) is 3.61. The summed E-state index contributed by atoms with van der Waals surface area (Å²) in [6, 6.07) is 5.16. The zero-order valence-electron chi connectivity index (χ0n) is 15.3.